The number of nitrogens with two attached hydrogens (primary N) is 1. The summed E-state index contributed by atoms with van der Waals surface area (Å²) in [6.45, 7) is 11.5. The summed E-state index contributed by atoms with van der Waals surface area (Å²) in [5.74, 6) is 0.180. The number of carbonyl (C=O) groups is 3. The third-order valence-electron chi connectivity index (χ3n) is 5.21. The zero-order valence-electron chi connectivity index (χ0n) is 21.3. The second kappa shape index (κ2) is 11.5. The van der Waals surface area contributed by atoms with Crippen LogP contribution in [0.3, 0.4) is 0 Å². The molecule has 0 aliphatic carbocycles. The van der Waals surface area contributed by atoms with Crippen molar-refractivity contribution in [1.29, 1.82) is 0 Å². The number of hydrogen-bond donors (Lipinski definition) is 2. The maximum atomic E-state index is 12.5. The molecule has 1 aromatic rings. The van der Waals surface area contributed by atoms with Crippen LogP contribution in [0.5, 0.6) is 5.75 Å². The first-order valence-electron chi connectivity index (χ1n) is 11.9. The lowest BCUT2D eigenvalue weighted by molar-refractivity contribution is -0.155. The minimum atomic E-state index is -0.605. The number of nitrogens with one attached hydrogen (secondary N) is 1. The number of amidine groups is 1. The molecule has 2 amide bonds. The van der Waals surface area contributed by atoms with Crippen molar-refractivity contribution in [1.82, 2.24) is 5.32 Å². The van der Waals surface area contributed by atoms with Gasteiger partial charge in [-0.3, -0.25) is 14.4 Å². The number of nitrogens with zero attached hydrogens (tertiary/aromatic N) is 1. The highest BCUT2D eigenvalue weighted by Crippen LogP contribution is 2.30. The van der Waals surface area contributed by atoms with Crippen LogP contribution < -0.4 is 15.8 Å². The van der Waals surface area contributed by atoms with Gasteiger partial charge >= 0.3 is 5.97 Å². The van der Waals surface area contributed by atoms with Gasteiger partial charge in [-0.05, 0) is 57.4 Å². The van der Waals surface area contributed by atoms with Crippen LogP contribution in [0.4, 0.5) is 0 Å². The standard InChI is InChI=1S/C26H39N3O5/c1-25(2,3)24(32)29-22(27)17-12-13-19-18(15-17)16-20(33-19)23(31)28-14-10-8-7-9-11-21(30)34-26(4,5)6/h12-13,15,20H,7-11,14,16H2,1-6H3,(H,28,31)(H2,27,29,32). The van der Waals surface area contributed by atoms with Gasteiger partial charge in [0.05, 0.1) is 0 Å². The molecular weight excluding hydrogens is 434 g/mol. The molecule has 0 spiro atoms. The van der Waals surface area contributed by atoms with E-state index in [1.165, 1.54) is 0 Å². The Bertz CT molecular complexity index is 925. The van der Waals surface area contributed by atoms with E-state index in [1.54, 1.807) is 32.9 Å². The molecule has 0 bridgehead atoms. The van der Waals surface area contributed by atoms with E-state index in [9.17, 15) is 14.4 Å². The molecule has 1 aliphatic heterocycles. The van der Waals surface area contributed by atoms with Gasteiger partial charge in [0.2, 0.25) is 0 Å². The van der Waals surface area contributed by atoms with Gasteiger partial charge in [-0.2, -0.15) is 4.99 Å². The van der Waals surface area contributed by atoms with Gasteiger partial charge < -0.3 is 20.5 Å². The predicted molar refractivity (Wildman–Crippen MR) is 132 cm³/mol. The van der Waals surface area contributed by atoms with Crippen LogP contribution >= 0.6 is 0 Å². The van der Waals surface area contributed by atoms with E-state index in [0.717, 1.165) is 31.2 Å². The Balaban J connectivity index is 1.73. The number of hydrogen-bond acceptors (Lipinski definition) is 5. The molecule has 1 heterocycles. The summed E-state index contributed by atoms with van der Waals surface area (Å²) in [7, 11) is 0. The Labute approximate surface area is 202 Å². The Morgan fingerprint density at radius 3 is 2.41 bits per heavy atom. The predicted octanol–water partition coefficient (Wildman–Crippen LogP) is 3.68. The topological polar surface area (TPSA) is 120 Å². The lowest BCUT2D eigenvalue weighted by atomic mass is 9.96. The highest BCUT2D eigenvalue weighted by Gasteiger charge is 2.29. The summed E-state index contributed by atoms with van der Waals surface area (Å²) in [4.78, 5) is 40.3. The highest BCUT2D eigenvalue weighted by atomic mass is 16.6. The summed E-state index contributed by atoms with van der Waals surface area (Å²) in [5, 5.41) is 2.92. The van der Waals surface area contributed by atoms with E-state index in [2.05, 4.69) is 10.3 Å². The zero-order chi connectivity index (χ0) is 25.5. The molecule has 0 saturated heterocycles. The van der Waals surface area contributed by atoms with Crippen LogP contribution in [0.25, 0.3) is 0 Å². The van der Waals surface area contributed by atoms with Crippen LogP contribution in [0.2, 0.25) is 0 Å². The van der Waals surface area contributed by atoms with Crippen molar-refractivity contribution in [3.05, 3.63) is 29.3 Å². The Morgan fingerprint density at radius 1 is 1.09 bits per heavy atom. The molecule has 8 heteroatoms. The molecule has 1 aromatic carbocycles. The van der Waals surface area contributed by atoms with Crippen molar-refractivity contribution in [2.75, 3.05) is 6.54 Å². The monoisotopic (exact) mass is 473 g/mol. The van der Waals surface area contributed by atoms with Gasteiger partial charge in [-0.15, -0.1) is 0 Å². The van der Waals surface area contributed by atoms with Crippen molar-refractivity contribution in [3.8, 4) is 5.75 Å². The van der Waals surface area contributed by atoms with Crippen molar-refractivity contribution in [2.45, 2.75) is 91.8 Å². The van der Waals surface area contributed by atoms with E-state index in [4.69, 9.17) is 15.2 Å². The smallest absolute Gasteiger partial charge is 0.306 e. The zero-order valence-corrected chi connectivity index (χ0v) is 21.3. The number of amides is 2. The SMILES string of the molecule is CC(C)(C)OC(=O)CCCCCCNC(=O)C1Cc2cc(C(N)=NC(=O)C(C)(C)C)ccc2O1. The van der Waals surface area contributed by atoms with E-state index in [0.29, 0.717) is 30.7 Å². The molecule has 0 aromatic heterocycles. The number of esters is 1. The van der Waals surface area contributed by atoms with Crippen molar-refractivity contribution in [2.24, 2.45) is 16.1 Å². The van der Waals surface area contributed by atoms with Crippen LogP contribution in [0.1, 0.15) is 84.8 Å². The molecule has 1 unspecified atom stereocenters. The fourth-order valence-electron chi connectivity index (χ4n) is 3.36. The summed E-state index contributed by atoms with van der Waals surface area (Å²) in [6, 6.07) is 5.32. The summed E-state index contributed by atoms with van der Waals surface area (Å²) in [5.41, 5.74) is 6.46. The number of unbranched alkanes of at least 4 members (excludes halogenated alkanes) is 3. The molecule has 0 fully saturated rings. The maximum Gasteiger partial charge on any atom is 0.306 e. The first-order chi connectivity index (χ1) is 15.8. The van der Waals surface area contributed by atoms with Gasteiger partial charge in [0.25, 0.3) is 11.8 Å². The average Bonchev–Trinajstić information content (AvgIpc) is 3.14. The molecule has 3 N–H and O–H groups in total. The fraction of sp³-hybridized carbons (Fsp3) is 0.615. The quantitative estimate of drug-likeness (QED) is 0.244. The van der Waals surface area contributed by atoms with E-state index in [-0.39, 0.29) is 23.6 Å². The van der Waals surface area contributed by atoms with Gasteiger partial charge in [0, 0.05) is 30.4 Å². The molecule has 34 heavy (non-hydrogen) atoms. The van der Waals surface area contributed by atoms with Crippen LogP contribution in [0, 0.1) is 5.41 Å². The number of aliphatic imine (C=N–C) groups is 1. The van der Waals surface area contributed by atoms with Crippen molar-refractivity contribution < 1.29 is 23.9 Å². The van der Waals surface area contributed by atoms with Crippen molar-refractivity contribution >= 4 is 23.6 Å². The maximum absolute atomic E-state index is 12.5. The van der Waals surface area contributed by atoms with Crippen LogP contribution in [0.15, 0.2) is 23.2 Å². The van der Waals surface area contributed by atoms with Crippen molar-refractivity contribution in [3.63, 3.8) is 0 Å². The molecule has 188 valence electrons. The number of carbonyl (C=O) groups excluding carboxylic acids is 3. The third kappa shape index (κ3) is 8.80. The largest absolute Gasteiger partial charge is 0.480 e. The third-order valence-corrected chi connectivity index (χ3v) is 5.21. The number of rotatable bonds is 9. The summed E-state index contributed by atoms with van der Waals surface area (Å²) in [6.07, 6.45) is 3.70. The molecule has 1 aliphatic rings. The highest BCUT2D eigenvalue weighted by molar-refractivity contribution is 6.05. The van der Waals surface area contributed by atoms with E-state index < -0.39 is 17.1 Å². The van der Waals surface area contributed by atoms with E-state index in [1.807, 2.05) is 26.8 Å². The van der Waals surface area contributed by atoms with Crippen LogP contribution in [-0.2, 0) is 25.5 Å². The lowest BCUT2D eigenvalue weighted by Crippen LogP contribution is -2.37. The van der Waals surface area contributed by atoms with Gasteiger partial charge in [-0.25, -0.2) is 0 Å². The van der Waals surface area contributed by atoms with E-state index >= 15 is 0 Å². The number of ether oxygens (including phenoxy) is 2. The number of benzene rings is 1. The van der Waals surface area contributed by atoms with Crippen LogP contribution in [-0.4, -0.2) is 41.9 Å². The molecule has 1 atom stereocenters. The van der Waals surface area contributed by atoms with Gasteiger partial charge in [0.15, 0.2) is 6.10 Å². The molecule has 0 radical (unpaired) electrons. The Kier molecular flexibility index (Phi) is 9.24. The minimum Gasteiger partial charge on any atom is -0.480 e. The van der Waals surface area contributed by atoms with Gasteiger partial charge in [0.1, 0.15) is 17.2 Å². The fourth-order valence-corrected chi connectivity index (χ4v) is 3.36. The summed E-state index contributed by atoms with van der Waals surface area (Å²) >= 11 is 0. The first-order valence-corrected chi connectivity index (χ1v) is 11.9. The molecule has 0 saturated carbocycles. The average molecular weight is 474 g/mol. The Hall–Kier alpha value is -2.90. The molecule has 8 nitrogen and oxygen atoms in total. The summed E-state index contributed by atoms with van der Waals surface area (Å²) < 4.78 is 11.1. The van der Waals surface area contributed by atoms with Gasteiger partial charge in [-0.1, -0.05) is 33.6 Å². The second-order valence-electron chi connectivity index (χ2n) is 10.7. The Morgan fingerprint density at radius 2 is 1.76 bits per heavy atom. The lowest BCUT2D eigenvalue weighted by Gasteiger charge is -2.19. The number of fused-ring (bicyclic) bond motifs is 1. The second-order valence-corrected chi connectivity index (χ2v) is 10.7. The molecular formula is C26H39N3O5. The normalized spacial score (nSPS) is 15.9. The minimum absolute atomic E-state index is 0.155. The molecule has 2 rings (SSSR count). The first kappa shape index (κ1) is 27.3.